The van der Waals surface area contributed by atoms with Crippen LogP contribution in [0.25, 0.3) is 0 Å². The molecule has 0 spiro atoms. The van der Waals surface area contributed by atoms with Gasteiger partial charge in [0.1, 0.15) is 11.9 Å². The highest BCUT2D eigenvalue weighted by Crippen LogP contribution is 2.26. The van der Waals surface area contributed by atoms with Crippen molar-refractivity contribution in [2.45, 2.75) is 39.2 Å². The zero-order chi connectivity index (χ0) is 20.9. The van der Waals surface area contributed by atoms with Crippen LogP contribution < -0.4 is 15.0 Å². The number of nitrogens with one attached hydrogen (secondary N) is 1. The Bertz CT molecular complexity index is 1000. The van der Waals surface area contributed by atoms with Crippen LogP contribution in [0.4, 0.5) is 11.1 Å². The summed E-state index contributed by atoms with van der Waals surface area (Å²) < 4.78 is 5.86. The summed E-state index contributed by atoms with van der Waals surface area (Å²) in [5.74, 6) is 1.15. The van der Waals surface area contributed by atoms with Crippen LogP contribution in [0.1, 0.15) is 53.3 Å². The molecule has 30 heavy (non-hydrogen) atoms. The number of hydrogen-bond acceptors (Lipinski definition) is 8. The summed E-state index contributed by atoms with van der Waals surface area (Å²) >= 11 is 1.29. The van der Waals surface area contributed by atoms with Crippen molar-refractivity contribution in [1.29, 1.82) is 0 Å². The molecule has 4 rings (SSSR count). The van der Waals surface area contributed by atoms with Crippen LogP contribution in [-0.4, -0.2) is 39.2 Å². The van der Waals surface area contributed by atoms with Gasteiger partial charge in [0.25, 0.3) is 5.91 Å². The molecule has 1 aliphatic heterocycles. The molecule has 8 nitrogen and oxygen atoms in total. The van der Waals surface area contributed by atoms with Gasteiger partial charge in [0.15, 0.2) is 5.01 Å². The molecular weight excluding hydrogens is 400 g/mol. The highest BCUT2D eigenvalue weighted by atomic mass is 32.1. The summed E-state index contributed by atoms with van der Waals surface area (Å²) in [6.07, 6.45) is 4.86. The fourth-order valence-electron chi connectivity index (χ4n) is 3.29. The summed E-state index contributed by atoms with van der Waals surface area (Å²) in [6, 6.07) is 9.53. The van der Waals surface area contributed by atoms with Gasteiger partial charge in [0.2, 0.25) is 11.1 Å². The molecule has 1 aliphatic rings. The number of anilines is 2. The van der Waals surface area contributed by atoms with Crippen LogP contribution >= 0.6 is 11.3 Å². The van der Waals surface area contributed by atoms with Crippen molar-refractivity contribution in [2.75, 3.05) is 23.3 Å². The number of hydrogen-bond donors (Lipinski definition) is 1. The van der Waals surface area contributed by atoms with Crippen molar-refractivity contribution in [3.63, 3.8) is 0 Å². The molecule has 0 aliphatic carbocycles. The summed E-state index contributed by atoms with van der Waals surface area (Å²) in [5, 5.41) is 12.1. The van der Waals surface area contributed by atoms with Crippen molar-refractivity contribution in [2.24, 2.45) is 0 Å². The number of aryl methyl sites for hydroxylation is 1. The number of ether oxygens (including phenoxy) is 1. The number of piperidine rings is 1. The molecule has 1 aromatic carbocycles. The van der Waals surface area contributed by atoms with Gasteiger partial charge in [-0.1, -0.05) is 29.5 Å². The van der Waals surface area contributed by atoms with E-state index in [-0.39, 0.29) is 12.0 Å². The van der Waals surface area contributed by atoms with Crippen LogP contribution in [0.5, 0.6) is 5.75 Å². The highest BCUT2D eigenvalue weighted by molar-refractivity contribution is 7.15. The topological polar surface area (TPSA) is 93.1 Å². The molecule has 0 unspecified atom stereocenters. The van der Waals surface area contributed by atoms with E-state index < -0.39 is 0 Å². The van der Waals surface area contributed by atoms with E-state index >= 15 is 0 Å². The molecule has 1 fully saturated rings. The minimum atomic E-state index is -0.294. The number of benzene rings is 1. The predicted molar refractivity (Wildman–Crippen MR) is 116 cm³/mol. The van der Waals surface area contributed by atoms with Crippen molar-refractivity contribution in [3.8, 4) is 5.75 Å². The lowest BCUT2D eigenvalue weighted by molar-refractivity contribution is 0.102. The average molecular weight is 425 g/mol. The molecule has 3 aromatic rings. The molecule has 1 amide bonds. The summed E-state index contributed by atoms with van der Waals surface area (Å²) in [4.78, 5) is 23.8. The van der Waals surface area contributed by atoms with Crippen molar-refractivity contribution in [3.05, 3.63) is 52.8 Å². The number of carbonyl (C=O) groups is 1. The maximum Gasteiger partial charge on any atom is 0.260 e. The Balaban J connectivity index is 1.40. The van der Waals surface area contributed by atoms with Crippen LogP contribution in [0.2, 0.25) is 0 Å². The summed E-state index contributed by atoms with van der Waals surface area (Å²) in [6.45, 7) is 5.64. The van der Waals surface area contributed by atoms with E-state index in [1.54, 1.807) is 6.20 Å². The van der Waals surface area contributed by atoms with Crippen LogP contribution in [0, 0.1) is 6.92 Å². The Labute approximate surface area is 179 Å². The minimum absolute atomic E-state index is 0.274. The Morgan fingerprint density at radius 2 is 1.93 bits per heavy atom. The first kappa shape index (κ1) is 20.2. The van der Waals surface area contributed by atoms with Crippen LogP contribution in [0.3, 0.4) is 0 Å². The smallest absolute Gasteiger partial charge is 0.260 e. The second kappa shape index (κ2) is 9.17. The zero-order valence-corrected chi connectivity index (χ0v) is 17.9. The standard InChI is InChI=1S/C21H24N6O2S/c1-14-17(13-22-20(23-14)27-11-7-4-8-12-27)18(28)24-21-26-25-19(30-21)15(2)29-16-9-5-3-6-10-16/h3,5-6,9-10,13,15H,4,7-8,11-12H2,1-2H3,(H,24,26,28)/t15-/m1/s1. The van der Waals surface area contributed by atoms with Gasteiger partial charge in [-0.25, -0.2) is 9.97 Å². The van der Waals surface area contributed by atoms with Gasteiger partial charge in [-0.3, -0.25) is 10.1 Å². The molecule has 3 heterocycles. The van der Waals surface area contributed by atoms with Gasteiger partial charge in [0, 0.05) is 19.3 Å². The highest BCUT2D eigenvalue weighted by Gasteiger charge is 2.19. The van der Waals surface area contributed by atoms with Gasteiger partial charge in [-0.05, 0) is 45.2 Å². The maximum atomic E-state index is 12.7. The fraction of sp³-hybridized carbons (Fsp3) is 0.381. The van der Waals surface area contributed by atoms with E-state index in [4.69, 9.17) is 4.74 Å². The lowest BCUT2D eigenvalue weighted by Crippen LogP contribution is -2.31. The van der Waals surface area contributed by atoms with E-state index in [0.717, 1.165) is 31.7 Å². The summed E-state index contributed by atoms with van der Waals surface area (Å²) in [7, 11) is 0. The van der Waals surface area contributed by atoms with Gasteiger partial charge >= 0.3 is 0 Å². The Morgan fingerprint density at radius 3 is 2.67 bits per heavy atom. The van der Waals surface area contributed by atoms with Crippen LogP contribution in [-0.2, 0) is 0 Å². The lowest BCUT2D eigenvalue weighted by Gasteiger charge is -2.26. The molecule has 9 heteroatoms. The molecule has 1 atom stereocenters. The normalized spacial score (nSPS) is 14.9. The Morgan fingerprint density at radius 1 is 1.17 bits per heavy atom. The van der Waals surface area contributed by atoms with E-state index in [0.29, 0.717) is 27.3 Å². The molecule has 0 bridgehead atoms. The number of aromatic nitrogens is 4. The number of nitrogens with zero attached hydrogens (tertiary/aromatic N) is 5. The van der Waals surface area contributed by atoms with Crippen molar-refractivity contribution in [1.82, 2.24) is 20.2 Å². The van der Waals surface area contributed by atoms with Crippen LogP contribution in [0.15, 0.2) is 36.5 Å². The van der Waals surface area contributed by atoms with Gasteiger partial charge in [0.05, 0.1) is 11.3 Å². The second-order valence-electron chi connectivity index (χ2n) is 7.19. The zero-order valence-electron chi connectivity index (χ0n) is 17.0. The molecule has 156 valence electrons. The van der Waals surface area contributed by atoms with E-state index in [1.165, 1.54) is 17.8 Å². The number of amides is 1. The second-order valence-corrected chi connectivity index (χ2v) is 8.20. The third-order valence-corrected chi connectivity index (χ3v) is 5.91. The third kappa shape index (κ3) is 4.73. The predicted octanol–water partition coefficient (Wildman–Crippen LogP) is 4.02. The number of para-hydroxylation sites is 1. The van der Waals surface area contributed by atoms with E-state index in [9.17, 15) is 4.79 Å². The third-order valence-electron chi connectivity index (χ3n) is 4.92. The van der Waals surface area contributed by atoms with Crippen molar-refractivity contribution >= 4 is 28.3 Å². The quantitative estimate of drug-likeness (QED) is 0.639. The van der Waals surface area contributed by atoms with E-state index in [1.807, 2.05) is 44.2 Å². The monoisotopic (exact) mass is 424 g/mol. The summed E-state index contributed by atoms with van der Waals surface area (Å²) in [5.41, 5.74) is 1.08. The van der Waals surface area contributed by atoms with Gasteiger partial charge < -0.3 is 9.64 Å². The Kier molecular flexibility index (Phi) is 6.18. The first-order chi connectivity index (χ1) is 14.6. The molecule has 0 radical (unpaired) electrons. The maximum absolute atomic E-state index is 12.7. The molecule has 1 saturated heterocycles. The first-order valence-electron chi connectivity index (χ1n) is 10.0. The minimum Gasteiger partial charge on any atom is -0.483 e. The fourth-order valence-corrected chi connectivity index (χ4v) is 4.01. The van der Waals surface area contributed by atoms with Gasteiger partial charge in [-0.2, -0.15) is 0 Å². The molecule has 2 aromatic heterocycles. The molecule has 0 saturated carbocycles. The van der Waals surface area contributed by atoms with Crippen molar-refractivity contribution < 1.29 is 9.53 Å². The average Bonchev–Trinajstić information content (AvgIpc) is 3.23. The largest absolute Gasteiger partial charge is 0.483 e. The number of rotatable bonds is 6. The molecule has 1 N–H and O–H groups in total. The Hall–Kier alpha value is -3.07. The number of carbonyl (C=O) groups excluding carboxylic acids is 1. The van der Waals surface area contributed by atoms with E-state index in [2.05, 4.69) is 30.4 Å². The lowest BCUT2D eigenvalue weighted by atomic mass is 10.1. The molecular formula is C21H24N6O2S. The first-order valence-corrected chi connectivity index (χ1v) is 10.9. The van der Waals surface area contributed by atoms with Gasteiger partial charge in [-0.15, -0.1) is 10.2 Å². The SMILES string of the molecule is Cc1nc(N2CCCCC2)ncc1C(=O)Nc1nnc([C@@H](C)Oc2ccccc2)s1.